The number of unbranched alkanes of at least 4 members (excludes halogenated alkanes) is 2. The van der Waals surface area contributed by atoms with Crippen LogP contribution in [-0.2, 0) is 0 Å². The lowest BCUT2D eigenvalue weighted by atomic mass is 10.2. The summed E-state index contributed by atoms with van der Waals surface area (Å²) >= 11 is 0. The van der Waals surface area contributed by atoms with Crippen LogP contribution in [0, 0.1) is 11.3 Å². The fourth-order valence-corrected chi connectivity index (χ4v) is 0.880. The van der Waals surface area contributed by atoms with Crippen LogP contribution in [0.3, 0.4) is 0 Å². The summed E-state index contributed by atoms with van der Waals surface area (Å²) in [5.41, 5.74) is 0. The number of rotatable bonds is 7. The molecule has 0 aromatic carbocycles. The van der Waals surface area contributed by atoms with Crippen molar-refractivity contribution in [2.45, 2.75) is 32.1 Å². The largest absolute Gasteiger partial charge is 0.198 e. The van der Waals surface area contributed by atoms with E-state index in [0.29, 0.717) is 6.42 Å². The molecule has 0 unspecified atom stereocenters. The zero-order valence-electron chi connectivity index (χ0n) is 8.08. The fourth-order valence-electron chi connectivity index (χ4n) is 0.880. The highest BCUT2D eigenvalue weighted by molar-refractivity contribution is 4.95. The molecule has 0 aliphatic carbocycles. The third kappa shape index (κ3) is 10.7. The molecule has 0 spiro atoms. The van der Waals surface area contributed by atoms with Gasteiger partial charge in [0.25, 0.3) is 0 Å². The first-order valence-corrected chi connectivity index (χ1v) is 4.69. The maximum Gasteiger partial charge on any atom is 0.0621 e. The summed E-state index contributed by atoms with van der Waals surface area (Å²) in [4.78, 5) is 0. The maximum absolute atomic E-state index is 8.27. The molecule has 0 saturated carbocycles. The molecule has 1 nitrogen and oxygen atoms in total. The van der Waals surface area contributed by atoms with Gasteiger partial charge < -0.3 is 0 Å². The van der Waals surface area contributed by atoms with E-state index in [9.17, 15) is 0 Å². The van der Waals surface area contributed by atoms with Crippen molar-refractivity contribution in [3.63, 3.8) is 0 Å². The summed E-state index contributed by atoms with van der Waals surface area (Å²) in [5.74, 6) is 0. The SMILES string of the molecule is C=CC/C=C/C/C=C/CCCC#N. The van der Waals surface area contributed by atoms with E-state index < -0.39 is 0 Å². The van der Waals surface area contributed by atoms with Crippen molar-refractivity contribution in [1.29, 1.82) is 5.26 Å². The van der Waals surface area contributed by atoms with Crippen LogP contribution in [0.4, 0.5) is 0 Å². The lowest BCUT2D eigenvalue weighted by molar-refractivity contribution is 0.874. The van der Waals surface area contributed by atoms with Crippen LogP contribution < -0.4 is 0 Å². The van der Waals surface area contributed by atoms with Gasteiger partial charge in [-0.3, -0.25) is 0 Å². The summed E-state index contributed by atoms with van der Waals surface area (Å²) in [6, 6.07) is 2.13. The lowest BCUT2D eigenvalue weighted by Crippen LogP contribution is -1.68. The minimum atomic E-state index is 0.663. The Morgan fingerprint density at radius 2 is 1.77 bits per heavy atom. The predicted octanol–water partition coefficient (Wildman–Crippen LogP) is 3.76. The van der Waals surface area contributed by atoms with Gasteiger partial charge in [0.2, 0.25) is 0 Å². The van der Waals surface area contributed by atoms with E-state index in [1.165, 1.54) is 0 Å². The van der Waals surface area contributed by atoms with Gasteiger partial charge in [-0.1, -0.05) is 30.4 Å². The Labute approximate surface area is 81.1 Å². The summed E-state index contributed by atoms with van der Waals surface area (Å²) in [6.45, 7) is 3.63. The first-order chi connectivity index (χ1) is 6.41. The van der Waals surface area contributed by atoms with Crippen LogP contribution in [0.25, 0.3) is 0 Å². The van der Waals surface area contributed by atoms with Crippen molar-refractivity contribution < 1.29 is 0 Å². The number of allylic oxidation sites excluding steroid dienone is 5. The summed E-state index contributed by atoms with van der Waals surface area (Å²) < 4.78 is 0. The highest BCUT2D eigenvalue weighted by atomic mass is 14.2. The first kappa shape index (κ1) is 11.7. The third-order valence-electron chi connectivity index (χ3n) is 1.57. The first-order valence-electron chi connectivity index (χ1n) is 4.69. The van der Waals surface area contributed by atoms with Gasteiger partial charge in [0.15, 0.2) is 0 Å². The number of hydrogen-bond donors (Lipinski definition) is 0. The second-order valence-electron chi connectivity index (χ2n) is 2.75. The van der Waals surface area contributed by atoms with Crippen molar-refractivity contribution in [1.82, 2.24) is 0 Å². The zero-order chi connectivity index (χ0) is 9.78. The van der Waals surface area contributed by atoms with Gasteiger partial charge in [0, 0.05) is 6.42 Å². The Morgan fingerprint density at radius 1 is 1.08 bits per heavy atom. The molecule has 1 heteroatoms. The monoisotopic (exact) mass is 175 g/mol. The van der Waals surface area contributed by atoms with E-state index in [1.54, 1.807) is 0 Å². The molecule has 0 radical (unpaired) electrons. The molecule has 0 rings (SSSR count). The molecular weight excluding hydrogens is 158 g/mol. The Morgan fingerprint density at radius 3 is 2.46 bits per heavy atom. The minimum absolute atomic E-state index is 0.663. The van der Waals surface area contributed by atoms with Crippen LogP contribution >= 0.6 is 0 Å². The van der Waals surface area contributed by atoms with Crippen LogP contribution in [0.5, 0.6) is 0 Å². The van der Waals surface area contributed by atoms with Crippen molar-refractivity contribution >= 4 is 0 Å². The standard InChI is InChI=1S/C12H17N/c1-2-3-4-5-6-7-8-9-10-11-12-13/h2,4-5,7-8H,1,3,6,9-11H2/b5-4+,8-7+. The number of nitrogens with zero attached hydrogens (tertiary/aromatic N) is 1. The minimum Gasteiger partial charge on any atom is -0.198 e. The maximum atomic E-state index is 8.27. The summed E-state index contributed by atoms with van der Waals surface area (Å²) in [5, 5.41) is 8.27. The Bertz CT molecular complexity index is 206. The lowest BCUT2D eigenvalue weighted by Gasteiger charge is -1.86. The molecular formula is C12H17N. The summed E-state index contributed by atoms with van der Waals surface area (Å²) in [7, 11) is 0. The average Bonchev–Trinajstić information content (AvgIpc) is 2.16. The second kappa shape index (κ2) is 10.7. The fraction of sp³-hybridized carbons (Fsp3) is 0.417. The molecule has 0 aliphatic heterocycles. The zero-order valence-corrected chi connectivity index (χ0v) is 8.08. The second-order valence-corrected chi connectivity index (χ2v) is 2.75. The predicted molar refractivity (Wildman–Crippen MR) is 57.2 cm³/mol. The van der Waals surface area contributed by atoms with E-state index in [0.717, 1.165) is 25.7 Å². The van der Waals surface area contributed by atoms with E-state index in [-0.39, 0.29) is 0 Å². The van der Waals surface area contributed by atoms with Crippen LogP contribution in [0.2, 0.25) is 0 Å². The molecule has 13 heavy (non-hydrogen) atoms. The van der Waals surface area contributed by atoms with Crippen molar-refractivity contribution in [3.05, 3.63) is 37.0 Å². The molecule has 0 amide bonds. The Kier molecular flexibility index (Phi) is 9.65. The molecule has 0 aromatic rings. The molecule has 0 bridgehead atoms. The van der Waals surface area contributed by atoms with Gasteiger partial charge in [-0.25, -0.2) is 0 Å². The van der Waals surface area contributed by atoms with Gasteiger partial charge in [0.1, 0.15) is 0 Å². The third-order valence-corrected chi connectivity index (χ3v) is 1.57. The van der Waals surface area contributed by atoms with Crippen LogP contribution in [0.15, 0.2) is 37.0 Å². The topological polar surface area (TPSA) is 23.8 Å². The number of hydrogen-bond acceptors (Lipinski definition) is 1. The van der Waals surface area contributed by atoms with E-state index in [1.807, 2.05) is 6.08 Å². The van der Waals surface area contributed by atoms with E-state index >= 15 is 0 Å². The van der Waals surface area contributed by atoms with Crippen LogP contribution in [0.1, 0.15) is 32.1 Å². The van der Waals surface area contributed by atoms with Crippen molar-refractivity contribution in [2.75, 3.05) is 0 Å². The molecule has 70 valence electrons. The van der Waals surface area contributed by atoms with E-state index in [2.05, 4.69) is 37.0 Å². The van der Waals surface area contributed by atoms with Crippen molar-refractivity contribution in [3.8, 4) is 6.07 Å². The molecule has 0 atom stereocenters. The Balaban J connectivity index is 3.22. The number of nitriles is 1. The van der Waals surface area contributed by atoms with E-state index in [4.69, 9.17) is 5.26 Å². The van der Waals surface area contributed by atoms with Crippen LogP contribution in [-0.4, -0.2) is 0 Å². The van der Waals surface area contributed by atoms with Gasteiger partial charge in [-0.2, -0.15) is 5.26 Å². The Hall–Kier alpha value is -1.29. The smallest absolute Gasteiger partial charge is 0.0621 e. The average molecular weight is 175 g/mol. The van der Waals surface area contributed by atoms with Crippen molar-refractivity contribution in [2.24, 2.45) is 0 Å². The highest BCUT2D eigenvalue weighted by Crippen LogP contribution is 1.97. The summed E-state index contributed by atoms with van der Waals surface area (Å²) in [6.07, 6.45) is 15.0. The molecule has 0 heterocycles. The van der Waals surface area contributed by atoms with Gasteiger partial charge in [0.05, 0.1) is 6.07 Å². The highest BCUT2D eigenvalue weighted by Gasteiger charge is 1.79. The molecule has 0 saturated heterocycles. The molecule has 0 aromatic heterocycles. The quantitative estimate of drug-likeness (QED) is 0.427. The van der Waals surface area contributed by atoms with Gasteiger partial charge >= 0.3 is 0 Å². The molecule has 0 N–H and O–H groups in total. The normalized spacial score (nSPS) is 10.7. The molecule has 0 fully saturated rings. The van der Waals surface area contributed by atoms with Gasteiger partial charge in [-0.05, 0) is 25.7 Å². The van der Waals surface area contributed by atoms with Gasteiger partial charge in [-0.15, -0.1) is 6.58 Å². The molecule has 0 aliphatic rings.